The van der Waals surface area contributed by atoms with Gasteiger partial charge >= 0.3 is 6.03 Å². The normalized spacial score (nSPS) is 19.6. The molecular formula is C23H34N4O3. The molecule has 0 aromatic heterocycles. The van der Waals surface area contributed by atoms with Crippen molar-refractivity contribution in [3.63, 3.8) is 0 Å². The van der Waals surface area contributed by atoms with Crippen molar-refractivity contribution in [1.82, 2.24) is 15.1 Å². The van der Waals surface area contributed by atoms with Gasteiger partial charge in [-0.1, -0.05) is 0 Å². The number of urea groups is 1. The summed E-state index contributed by atoms with van der Waals surface area (Å²) in [7, 11) is 1.72. The van der Waals surface area contributed by atoms with Crippen LogP contribution >= 0.6 is 0 Å². The first-order valence-electron chi connectivity index (χ1n) is 10.7. The van der Waals surface area contributed by atoms with E-state index in [1.807, 2.05) is 38.1 Å². The van der Waals surface area contributed by atoms with Crippen LogP contribution in [0.1, 0.15) is 38.7 Å². The zero-order chi connectivity index (χ0) is 21.6. The van der Waals surface area contributed by atoms with Gasteiger partial charge in [0.15, 0.2) is 0 Å². The monoisotopic (exact) mass is 414 g/mol. The van der Waals surface area contributed by atoms with E-state index in [4.69, 9.17) is 9.47 Å². The maximum absolute atomic E-state index is 12.8. The molecule has 7 nitrogen and oxygen atoms in total. The molecule has 2 aliphatic heterocycles. The molecule has 2 heterocycles. The van der Waals surface area contributed by atoms with E-state index in [1.54, 1.807) is 18.1 Å². The second kappa shape index (κ2) is 10.1. The summed E-state index contributed by atoms with van der Waals surface area (Å²) in [4.78, 5) is 20.1. The number of carbonyl (C=O) groups excluding carboxylic acids is 1. The molecule has 30 heavy (non-hydrogen) atoms. The predicted molar refractivity (Wildman–Crippen MR) is 120 cm³/mol. The fourth-order valence-electron chi connectivity index (χ4n) is 3.82. The Morgan fingerprint density at radius 1 is 1.37 bits per heavy atom. The molecule has 7 heteroatoms. The third kappa shape index (κ3) is 5.61. The fourth-order valence-corrected chi connectivity index (χ4v) is 3.82. The molecule has 0 atom stereocenters. The highest BCUT2D eigenvalue weighted by atomic mass is 16.5. The number of nitrogens with one attached hydrogen (secondary N) is 1. The second-order valence-corrected chi connectivity index (χ2v) is 8.64. The van der Waals surface area contributed by atoms with Crippen molar-refractivity contribution < 1.29 is 14.3 Å². The first-order chi connectivity index (χ1) is 14.4. The summed E-state index contributed by atoms with van der Waals surface area (Å²) < 4.78 is 11.4. The number of aliphatic imine (C=N–C) groups is 1. The van der Waals surface area contributed by atoms with Crippen LogP contribution in [0, 0.1) is 5.92 Å². The average Bonchev–Trinajstić information content (AvgIpc) is 3.11. The van der Waals surface area contributed by atoms with Crippen molar-refractivity contribution in [2.75, 3.05) is 40.1 Å². The highest BCUT2D eigenvalue weighted by Gasteiger charge is 2.37. The quantitative estimate of drug-likeness (QED) is 0.693. The number of ether oxygens (including phenoxy) is 2. The lowest BCUT2D eigenvalue weighted by Gasteiger charge is -2.31. The number of piperidine rings is 1. The summed E-state index contributed by atoms with van der Waals surface area (Å²) in [5, 5.41) is 3.39. The van der Waals surface area contributed by atoms with E-state index in [0.29, 0.717) is 19.0 Å². The Morgan fingerprint density at radius 3 is 2.67 bits per heavy atom. The maximum atomic E-state index is 12.8. The van der Waals surface area contributed by atoms with Crippen LogP contribution in [0.5, 0.6) is 5.75 Å². The van der Waals surface area contributed by atoms with Gasteiger partial charge in [0.1, 0.15) is 12.5 Å². The molecule has 2 fully saturated rings. The topological polar surface area (TPSA) is 66.4 Å². The molecule has 0 spiro atoms. The van der Waals surface area contributed by atoms with Crippen LogP contribution in [-0.4, -0.2) is 68.2 Å². The van der Waals surface area contributed by atoms with Crippen molar-refractivity contribution >= 4 is 18.4 Å². The summed E-state index contributed by atoms with van der Waals surface area (Å²) in [6.45, 7) is 11.4. The number of carbonyl (C=O) groups is 1. The van der Waals surface area contributed by atoms with E-state index in [2.05, 4.69) is 17.0 Å². The van der Waals surface area contributed by atoms with Crippen LogP contribution < -0.4 is 10.1 Å². The van der Waals surface area contributed by atoms with E-state index in [0.717, 1.165) is 43.3 Å². The lowest BCUT2D eigenvalue weighted by molar-refractivity contribution is 0.125. The minimum Gasteiger partial charge on any atom is -0.494 e. The van der Waals surface area contributed by atoms with Crippen molar-refractivity contribution in [1.29, 1.82) is 0 Å². The summed E-state index contributed by atoms with van der Waals surface area (Å²) in [5.74, 6) is 1.60. The number of benzene rings is 1. The molecule has 164 valence electrons. The van der Waals surface area contributed by atoms with Crippen molar-refractivity contribution in [2.24, 2.45) is 10.9 Å². The van der Waals surface area contributed by atoms with E-state index in [1.165, 1.54) is 17.7 Å². The molecule has 1 aromatic carbocycles. The molecule has 0 bridgehead atoms. The van der Waals surface area contributed by atoms with Gasteiger partial charge in [-0.2, -0.15) is 0 Å². The third-order valence-corrected chi connectivity index (χ3v) is 5.83. The van der Waals surface area contributed by atoms with Crippen LogP contribution in [-0.2, 0) is 4.74 Å². The largest absolute Gasteiger partial charge is 0.494 e. The lowest BCUT2D eigenvalue weighted by atomic mass is 9.95. The molecule has 2 amide bonds. The van der Waals surface area contributed by atoms with Crippen molar-refractivity contribution in [3.8, 4) is 5.75 Å². The summed E-state index contributed by atoms with van der Waals surface area (Å²) in [6.07, 6.45) is 5.26. The Morgan fingerprint density at radius 2 is 2.07 bits per heavy atom. The van der Waals surface area contributed by atoms with Crippen LogP contribution in [0.4, 0.5) is 4.79 Å². The molecular weight excluding hydrogens is 380 g/mol. The molecule has 0 unspecified atom stereocenters. The number of amides is 2. The molecule has 0 saturated carbocycles. The van der Waals surface area contributed by atoms with Gasteiger partial charge in [0.25, 0.3) is 0 Å². The number of nitrogens with zero attached hydrogens (tertiary/aromatic N) is 3. The summed E-state index contributed by atoms with van der Waals surface area (Å²) >= 11 is 0. The minimum atomic E-state index is -0.325. The van der Waals surface area contributed by atoms with E-state index < -0.39 is 0 Å². The predicted octanol–water partition coefficient (Wildman–Crippen LogP) is 3.57. The van der Waals surface area contributed by atoms with Gasteiger partial charge in [-0.25, -0.2) is 4.79 Å². The Hall–Kier alpha value is -2.38. The number of hydrogen-bond acceptors (Lipinski definition) is 5. The minimum absolute atomic E-state index is 0.128. The highest BCUT2D eigenvalue weighted by molar-refractivity contribution is 5.79. The number of hydrogen-bond donors (Lipinski definition) is 1. The van der Waals surface area contributed by atoms with Gasteiger partial charge in [-0.15, -0.1) is 0 Å². The molecule has 0 aliphatic carbocycles. The van der Waals surface area contributed by atoms with Crippen LogP contribution in [0.25, 0.3) is 5.70 Å². The molecule has 3 rings (SSSR count). The van der Waals surface area contributed by atoms with Gasteiger partial charge in [0.05, 0.1) is 24.4 Å². The standard InChI is InChI=1S/C23H34N4O3/c1-23(2)16-29-17-27(23)22(28)26(4)15-21(24-3)19-5-7-20(8-6-19)30-14-11-18-9-12-25-13-10-18/h5-8,15,18,25H,3,9-14,16-17H2,1-2,4H3/b21-15-. The van der Waals surface area contributed by atoms with Crippen LogP contribution in [0.2, 0.25) is 0 Å². The maximum Gasteiger partial charge on any atom is 0.326 e. The van der Waals surface area contributed by atoms with Gasteiger partial charge in [0.2, 0.25) is 0 Å². The van der Waals surface area contributed by atoms with Gasteiger partial charge in [0, 0.05) is 18.8 Å². The van der Waals surface area contributed by atoms with E-state index in [-0.39, 0.29) is 11.6 Å². The summed E-state index contributed by atoms with van der Waals surface area (Å²) in [6, 6.07) is 7.64. The van der Waals surface area contributed by atoms with Crippen molar-refractivity contribution in [2.45, 2.75) is 38.6 Å². The molecule has 1 N–H and O–H groups in total. The Labute approximate surface area is 179 Å². The van der Waals surface area contributed by atoms with Gasteiger partial charge in [-0.05, 0) is 83.1 Å². The zero-order valence-electron chi connectivity index (χ0n) is 18.4. The first-order valence-corrected chi connectivity index (χ1v) is 10.7. The first kappa shape index (κ1) is 22.3. The van der Waals surface area contributed by atoms with Crippen LogP contribution in [0.3, 0.4) is 0 Å². The van der Waals surface area contributed by atoms with E-state index >= 15 is 0 Å². The fraction of sp³-hybridized carbons (Fsp3) is 0.565. The van der Waals surface area contributed by atoms with E-state index in [9.17, 15) is 4.79 Å². The Bertz CT molecular complexity index is 754. The average molecular weight is 415 g/mol. The third-order valence-electron chi connectivity index (χ3n) is 5.83. The second-order valence-electron chi connectivity index (χ2n) is 8.64. The molecule has 2 saturated heterocycles. The SMILES string of the molecule is C=N/C(=C\N(C)C(=O)N1COCC1(C)C)c1ccc(OCCC2CCNCC2)cc1. The summed E-state index contributed by atoms with van der Waals surface area (Å²) in [5.41, 5.74) is 1.19. The molecule has 1 aromatic rings. The highest BCUT2D eigenvalue weighted by Crippen LogP contribution is 2.25. The Balaban J connectivity index is 1.57. The van der Waals surface area contributed by atoms with Crippen molar-refractivity contribution in [3.05, 3.63) is 36.0 Å². The van der Waals surface area contributed by atoms with Gasteiger partial charge < -0.3 is 19.7 Å². The lowest BCUT2D eigenvalue weighted by Crippen LogP contribution is -2.48. The van der Waals surface area contributed by atoms with Crippen LogP contribution in [0.15, 0.2) is 35.5 Å². The number of rotatable bonds is 7. The molecule has 2 aliphatic rings. The zero-order valence-corrected chi connectivity index (χ0v) is 18.4. The Kier molecular flexibility index (Phi) is 7.50. The van der Waals surface area contributed by atoms with Gasteiger partial charge in [-0.3, -0.25) is 9.89 Å². The molecule has 0 radical (unpaired) electrons. The smallest absolute Gasteiger partial charge is 0.326 e.